The van der Waals surface area contributed by atoms with Crippen LogP contribution < -0.4 is 0 Å². The van der Waals surface area contributed by atoms with E-state index in [0.717, 1.165) is 0 Å². The molecule has 0 bridgehead atoms. The van der Waals surface area contributed by atoms with E-state index in [1.165, 1.54) is 28.6 Å². The van der Waals surface area contributed by atoms with Gasteiger partial charge in [0.15, 0.2) is 5.78 Å². The van der Waals surface area contributed by atoms with E-state index in [1.54, 1.807) is 12.1 Å². The second kappa shape index (κ2) is 7.18. The molecular weight excluding hydrogens is 336 g/mol. The van der Waals surface area contributed by atoms with Crippen LogP contribution in [0.25, 0.3) is 0 Å². The largest absolute Gasteiger partial charge is 0.294 e. The van der Waals surface area contributed by atoms with Crippen molar-refractivity contribution in [3.63, 3.8) is 0 Å². The van der Waals surface area contributed by atoms with Crippen LogP contribution in [0.4, 0.5) is 0 Å². The predicted octanol–water partition coefficient (Wildman–Crippen LogP) is 2.84. The summed E-state index contributed by atoms with van der Waals surface area (Å²) in [4.78, 5) is 12.7. The van der Waals surface area contributed by atoms with E-state index in [4.69, 9.17) is 5.26 Å². The van der Waals surface area contributed by atoms with E-state index in [-0.39, 0.29) is 16.6 Å². The summed E-state index contributed by atoms with van der Waals surface area (Å²) < 4.78 is 26.8. The number of rotatable bonds is 4. The summed E-state index contributed by atoms with van der Waals surface area (Å²) in [5, 5.41) is 8.81. The van der Waals surface area contributed by atoms with Crippen molar-refractivity contribution in [1.29, 1.82) is 5.26 Å². The molecule has 1 aliphatic heterocycles. The van der Waals surface area contributed by atoms with Gasteiger partial charge in [-0.15, -0.1) is 0 Å². The minimum Gasteiger partial charge on any atom is -0.294 e. The predicted molar refractivity (Wildman–Crippen MR) is 93.4 cm³/mol. The Bertz CT molecular complexity index is 892. The van der Waals surface area contributed by atoms with Gasteiger partial charge in [-0.05, 0) is 37.1 Å². The van der Waals surface area contributed by atoms with Gasteiger partial charge >= 0.3 is 0 Å². The van der Waals surface area contributed by atoms with Crippen molar-refractivity contribution in [3.8, 4) is 6.07 Å². The number of nitriles is 1. The zero-order valence-electron chi connectivity index (χ0n) is 13.6. The van der Waals surface area contributed by atoms with E-state index in [2.05, 4.69) is 0 Å². The zero-order chi connectivity index (χ0) is 17.9. The summed E-state index contributed by atoms with van der Waals surface area (Å²) in [5.41, 5.74) is 1.10. The molecule has 6 heteroatoms. The van der Waals surface area contributed by atoms with Crippen LogP contribution in [0.15, 0.2) is 59.5 Å². The first-order chi connectivity index (χ1) is 12.0. The molecule has 0 spiro atoms. The molecule has 5 nitrogen and oxygen atoms in total. The van der Waals surface area contributed by atoms with Gasteiger partial charge in [-0.25, -0.2) is 8.42 Å². The number of piperidine rings is 1. The Morgan fingerprint density at radius 1 is 1.00 bits per heavy atom. The van der Waals surface area contributed by atoms with Crippen molar-refractivity contribution >= 4 is 15.8 Å². The van der Waals surface area contributed by atoms with Gasteiger partial charge in [0, 0.05) is 24.6 Å². The van der Waals surface area contributed by atoms with Crippen molar-refractivity contribution in [1.82, 2.24) is 4.31 Å². The van der Waals surface area contributed by atoms with E-state index in [0.29, 0.717) is 37.1 Å². The second-order valence-electron chi connectivity index (χ2n) is 6.04. The molecule has 1 saturated heterocycles. The molecule has 0 radical (unpaired) electrons. The summed E-state index contributed by atoms with van der Waals surface area (Å²) in [6, 6.07) is 17.0. The van der Waals surface area contributed by atoms with Crippen LogP contribution in [0.1, 0.15) is 28.8 Å². The fourth-order valence-corrected chi connectivity index (χ4v) is 4.52. The van der Waals surface area contributed by atoms with Crippen molar-refractivity contribution in [2.24, 2.45) is 5.92 Å². The minimum atomic E-state index is -3.59. The lowest BCUT2D eigenvalue weighted by Crippen LogP contribution is -2.40. The summed E-state index contributed by atoms with van der Waals surface area (Å²) in [7, 11) is -3.59. The Balaban J connectivity index is 1.69. The molecule has 25 heavy (non-hydrogen) atoms. The summed E-state index contributed by atoms with van der Waals surface area (Å²) in [5.74, 6) is -0.0640. The van der Waals surface area contributed by atoms with Gasteiger partial charge in [0.2, 0.25) is 10.0 Å². The number of Topliss-reactive ketones (excluding diaryl/α,β-unsaturated/α-hetero) is 1. The molecule has 2 aromatic carbocycles. The lowest BCUT2D eigenvalue weighted by Gasteiger charge is -2.30. The first kappa shape index (κ1) is 17.3. The number of ketones is 1. The third kappa shape index (κ3) is 3.63. The van der Waals surface area contributed by atoms with Crippen LogP contribution in [0.5, 0.6) is 0 Å². The molecule has 1 fully saturated rings. The highest BCUT2D eigenvalue weighted by Crippen LogP contribution is 2.26. The third-order valence-corrected chi connectivity index (χ3v) is 6.42. The Morgan fingerprint density at radius 3 is 2.16 bits per heavy atom. The van der Waals surface area contributed by atoms with E-state index < -0.39 is 10.0 Å². The van der Waals surface area contributed by atoms with Crippen LogP contribution >= 0.6 is 0 Å². The summed E-state index contributed by atoms with van der Waals surface area (Å²) in [6.07, 6.45) is 1.03. The lowest BCUT2D eigenvalue weighted by molar-refractivity contribution is 0.0875. The normalized spacial score (nSPS) is 16.3. The number of hydrogen-bond acceptors (Lipinski definition) is 4. The molecule has 0 N–H and O–H groups in total. The molecule has 2 aromatic rings. The van der Waals surface area contributed by atoms with E-state index in [9.17, 15) is 13.2 Å². The molecule has 128 valence electrons. The van der Waals surface area contributed by atoms with Gasteiger partial charge in [-0.1, -0.05) is 30.3 Å². The van der Waals surface area contributed by atoms with Gasteiger partial charge < -0.3 is 0 Å². The number of benzene rings is 2. The Hall–Kier alpha value is -2.49. The van der Waals surface area contributed by atoms with Crippen LogP contribution in [0, 0.1) is 17.2 Å². The van der Waals surface area contributed by atoms with Crippen molar-refractivity contribution in [3.05, 3.63) is 65.7 Å². The molecule has 0 atom stereocenters. The van der Waals surface area contributed by atoms with Gasteiger partial charge in [-0.2, -0.15) is 9.57 Å². The first-order valence-corrected chi connectivity index (χ1v) is 9.56. The Morgan fingerprint density at radius 2 is 1.60 bits per heavy atom. The fourth-order valence-electron chi connectivity index (χ4n) is 3.05. The van der Waals surface area contributed by atoms with Gasteiger partial charge in [0.1, 0.15) is 0 Å². The van der Waals surface area contributed by atoms with Crippen LogP contribution in [-0.2, 0) is 10.0 Å². The van der Waals surface area contributed by atoms with Crippen molar-refractivity contribution in [2.45, 2.75) is 17.7 Å². The molecule has 1 heterocycles. The van der Waals surface area contributed by atoms with Crippen molar-refractivity contribution < 1.29 is 13.2 Å². The average molecular weight is 354 g/mol. The maximum absolute atomic E-state index is 12.7. The van der Waals surface area contributed by atoms with Crippen LogP contribution in [0.3, 0.4) is 0 Å². The first-order valence-electron chi connectivity index (χ1n) is 8.12. The van der Waals surface area contributed by atoms with E-state index in [1.807, 2.05) is 24.3 Å². The number of nitrogens with zero attached hydrogens (tertiary/aromatic N) is 2. The van der Waals surface area contributed by atoms with Gasteiger partial charge in [0.05, 0.1) is 16.5 Å². The molecule has 0 aromatic heterocycles. The maximum Gasteiger partial charge on any atom is 0.243 e. The molecular formula is C19H18N2O3S. The number of carbonyl (C=O) groups is 1. The molecule has 0 amide bonds. The minimum absolute atomic E-state index is 0.0796. The second-order valence-corrected chi connectivity index (χ2v) is 7.98. The van der Waals surface area contributed by atoms with Crippen molar-refractivity contribution in [2.75, 3.05) is 13.1 Å². The number of hydrogen-bond donors (Lipinski definition) is 0. The monoisotopic (exact) mass is 354 g/mol. The maximum atomic E-state index is 12.7. The third-order valence-electron chi connectivity index (χ3n) is 4.50. The Labute approximate surface area is 147 Å². The zero-order valence-corrected chi connectivity index (χ0v) is 14.4. The molecule has 3 rings (SSSR count). The summed E-state index contributed by atoms with van der Waals surface area (Å²) in [6.45, 7) is 0.650. The van der Waals surface area contributed by atoms with Gasteiger partial charge in [0.25, 0.3) is 0 Å². The number of sulfonamides is 1. The molecule has 0 unspecified atom stereocenters. The standard InChI is InChI=1S/C19H18N2O3S/c20-14-15-6-8-18(9-7-15)25(23,24)21-12-10-17(11-13-21)19(22)16-4-2-1-3-5-16/h1-9,17H,10-13H2. The summed E-state index contributed by atoms with van der Waals surface area (Å²) >= 11 is 0. The fraction of sp³-hybridized carbons (Fsp3) is 0.263. The highest BCUT2D eigenvalue weighted by molar-refractivity contribution is 7.89. The highest BCUT2D eigenvalue weighted by Gasteiger charge is 2.32. The van der Waals surface area contributed by atoms with Crippen LogP contribution in [0.2, 0.25) is 0 Å². The molecule has 0 aliphatic carbocycles. The topological polar surface area (TPSA) is 78.2 Å². The van der Waals surface area contributed by atoms with Gasteiger partial charge in [-0.3, -0.25) is 4.79 Å². The SMILES string of the molecule is N#Cc1ccc(S(=O)(=O)N2CCC(C(=O)c3ccccc3)CC2)cc1. The Kier molecular flexibility index (Phi) is 4.98. The number of carbonyl (C=O) groups excluding carboxylic acids is 1. The van der Waals surface area contributed by atoms with Crippen LogP contribution in [-0.4, -0.2) is 31.6 Å². The molecule has 1 aliphatic rings. The molecule has 0 saturated carbocycles. The lowest BCUT2D eigenvalue weighted by atomic mass is 9.90. The smallest absolute Gasteiger partial charge is 0.243 e. The van der Waals surface area contributed by atoms with E-state index >= 15 is 0 Å². The highest BCUT2D eigenvalue weighted by atomic mass is 32.2. The average Bonchev–Trinajstić information content (AvgIpc) is 2.68. The quantitative estimate of drug-likeness (QED) is 0.791.